The SMILES string of the molecule is Cc1ccc(-c2nc(CCNS(=O)(=O)c3ccc(C)c(C(F)(F)F)c3)co2)cc1. The van der Waals surface area contributed by atoms with Gasteiger partial charge in [-0.15, -0.1) is 0 Å². The van der Waals surface area contributed by atoms with Crippen LogP contribution in [-0.4, -0.2) is 19.9 Å². The molecular weight excluding hydrogens is 405 g/mol. The van der Waals surface area contributed by atoms with Gasteiger partial charge in [-0.3, -0.25) is 0 Å². The van der Waals surface area contributed by atoms with Gasteiger partial charge in [0, 0.05) is 18.5 Å². The number of hydrogen-bond donors (Lipinski definition) is 1. The van der Waals surface area contributed by atoms with E-state index < -0.39 is 26.7 Å². The molecule has 0 radical (unpaired) electrons. The zero-order valence-corrected chi connectivity index (χ0v) is 16.6. The molecular formula is C20H19F3N2O3S. The van der Waals surface area contributed by atoms with Crippen molar-refractivity contribution in [1.29, 1.82) is 0 Å². The lowest BCUT2D eigenvalue weighted by atomic mass is 10.1. The molecule has 0 atom stereocenters. The summed E-state index contributed by atoms with van der Waals surface area (Å²) in [6, 6.07) is 10.5. The Morgan fingerprint density at radius 1 is 1.07 bits per heavy atom. The number of hydrogen-bond acceptors (Lipinski definition) is 4. The van der Waals surface area contributed by atoms with E-state index in [1.165, 1.54) is 13.2 Å². The van der Waals surface area contributed by atoms with Crippen LogP contribution in [-0.2, 0) is 22.6 Å². The average Bonchev–Trinajstić information content (AvgIpc) is 3.10. The van der Waals surface area contributed by atoms with Crippen molar-refractivity contribution in [2.24, 2.45) is 0 Å². The van der Waals surface area contributed by atoms with Crippen LogP contribution in [0.4, 0.5) is 13.2 Å². The lowest BCUT2D eigenvalue weighted by Crippen LogP contribution is -2.26. The molecule has 0 spiro atoms. The fraction of sp³-hybridized carbons (Fsp3) is 0.250. The molecule has 0 unspecified atom stereocenters. The van der Waals surface area contributed by atoms with Crippen molar-refractivity contribution in [3.63, 3.8) is 0 Å². The van der Waals surface area contributed by atoms with Crippen LogP contribution in [0.15, 0.2) is 58.0 Å². The quantitative estimate of drug-likeness (QED) is 0.633. The molecule has 154 valence electrons. The van der Waals surface area contributed by atoms with Crippen LogP contribution in [0.5, 0.6) is 0 Å². The Balaban J connectivity index is 1.67. The Morgan fingerprint density at radius 3 is 2.41 bits per heavy atom. The van der Waals surface area contributed by atoms with Gasteiger partial charge in [0.1, 0.15) is 6.26 Å². The minimum Gasteiger partial charge on any atom is -0.444 e. The first-order chi connectivity index (χ1) is 13.6. The highest BCUT2D eigenvalue weighted by Crippen LogP contribution is 2.33. The van der Waals surface area contributed by atoms with Gasteiger partial charge in [0.2, 0.25) is 15.9 Å². The highest BCUT2D eigenvalue weighted by molar-refractivity contribution is 7.89. The predicted octanol–water partition coefficient (Wildman–Crippen LogP) is 4.50. The number of alkyl halides is 3. The van der Waals surface area contributed by atoms with Crippen molar-refractivity contribution >= 4 is 10.0 Å². The van der Waals surface area contributed by atoms with Crippen LogP contribution in [0.1, 0.15) is 22.4 Å². The summed E-state index contributed by atoms with van der Waals surface area (Å²) in [6.45, 7) is 3.21. The Morgan fingerprint density at radius 2 is 1.76 bits per heavy atom. The number of aromatic nitrogens is 1. The highest BCUT2D eigenvalue weighted by atomic mass is 32.2. The van der Waals surface area contributed by atoms with Crippen molar-refractivity contribution in [1.82, 2.24) is 9.71 Å². The number of nitrogens with zero attached hydrogens (tertiary/aromatic N) is 1. The van der Waals surface area contributed by atoms with Crippen LogP contribution in [0.3, 0.4) is 0 Å². The van der Waals surface area contributed by atoms with Gasteiger partial charge in [-0.05, 0) is 43.7 Å². The van der Waals surface area contributed by atoms with Gasteiger partial charge >= 0.3 is 6.18 Å². The summed E-state index contributed by atoms with van der Waals surface area (Å²) >= 11 is 0. The van der Waals surface area contributed by atoms with E-state index in [4.69, 9.17) is 4.42 Å². The summed E-state index contributed by atoms with van der Waals surface area (Å²) < 4.78 is 71.5. The summed E-state index contributed by atoms with van der Waals surface area (Å²) in [5.41, 5.74) is 1.41. The summed E-state index contributed by atoms with van der Waals surface area (Å²) in [4.78, 5) is 3.88. The molecule has 1 heterocycles. The number of halogens is 3. The molecule has 0 fully saturated rings. The lowest BCUT2D eigenvalue weighted by molar-refractivity contribution is -0.138. The zero-order chi connectivity index (χ0) is 21.2. The van der Waals surface area contributed by atoms with Crippen LogP contribution in [0, 0.1) is 13.8 Å². The maximum absolute atomic E-state index is 13.0. The normalized spacial score (nSPS) is 12.3. The molecule has 9 heteroatoms. The van der Waals surface area contributed by atoms with Gasteiger partial charge in [-0.1, -0.05) is 23.8 Å². The van der Waals surface area contributed by atoms with E-state index in [1.54, 1.807) is 0 Å². The topological polar surface area (TPSA) is 72.2 Å². The van der Waals surface area contributed by atoms with E-state index >= 15 is 0 Å². The number of oxazole rings is 1. The Labute approximate surface area is 166 Å². The van der Waals surface area contributed by atoms with E-state index in [0.29, 0.717) is 17.7 Å². The predicted molar refractivity (Wildman–Crippen MR) is 102 cm³/mol. The molecule has 0 bridgehead atoms. The van der Waals surface area contributed by atoms with Gasteiger partial charge < -0.3 is 4.42 Å². The monoisotopic (exact) mass is 424 g/mol. The summed E-state index contributed by atoms with van der Waals surface area (Å²) in [5.74, 6) is 0.413. The molecule has 0 saturated heterocycles. The summed E-state index contributed by atoms with van der Waals surface area (Å²) in [6.07, 6.45) is -2.97. The molecule has 3 aromatic rings. The van der Waals surface area contributed by atoms with Crippen LogP contribution < -0.4 is 4.72 Å². The van der Waals surface area contributed by atoms with Crippen LogP contribution in [0.25, 0.3) is 11.5 Å². The molecule has 0 aliphatic carbocycles. The van der Waals surface area contributed by atoms with E-state index in [-0.39, 0.29) is 18.5 Å². The highest BCUT2D eigenvalue weighted by Gasteiger charge is 2.33. The second kappa shape index (κ2) is 8.00. The molecule has 29 heavy (non-hydrogen) atoms. The molecule has 3 rings (SSSR count). The van der Waals surface area contributed by atoms with Crippen molar-refractivity contribution in [2.45, 2.75) is 31.3 Å². The maximum Gasteiger partial charge on any atom is 0.416 e. The number of aryl methyl sites for hydroxylation is 2. The number of benzene rings is 2. The second-order valence-electron chi connectivity index (χ2n) is 6.63. The maximum atomic E-state index is 13.0. The fourth-order valence-electron chi connectivity index (χ4n) is 2.72. The van der Waals surface area contributed by atoms with Crippen molar-refractivity contribution in [2.75, 3.05) is 6.54 Å². The zero-order valence-electron chi connectivity index (χ0n) is 15.7. The minimum atomic E-state index is -4.62. The van der Waals surface area contributed by atoms with E-state index in [9.17, 15) is 21.6 Å². The Bertz CT molecular complexity index is 1100. The van der Waals surface area contributed by atoms with E-state index in [0.717, 1.165) is 23.3 Å². The van der Waals surface area contributed by atoms with Crippen molar-refractivity contribution < 1.29 is 26.0 Å². The standard InChI is InChI=1S/C20H19F3N2O3S/c1-13-3-6-15(7-4-13)19-25-16(12-28-19)9-10-24-29(26,27)17-8-5-14(2)18(11-17)20(21,22)23/h3-8,11-12,24H,9-10H2,1-2H3. The molecule has 5 nitrogen and oxygen atoms in total. The van der Waals surface area contributed by atoms with E-state index in [1.807, 2.05) is 31.2 Å². The lowest BCUT2D eigenvalue weighted by Gasteiger charge is -2.12. The second-order valence-corrected chi connectivity index (χ2v) is 8.40. The van der Waals surface area contributed by atoms with Crippen molar-refractivity contribution in [3.05, 3.63) is 71.1 Å². The minimum absolute atomic E-state index is 0.0303. The number of rotatable bonds is 6. The molecule has 0 saturated carbocycles. The molecule has 2 aromatic carbocycles. The largest absolute Gasteiger partial charge is 0.444 e. The fourth-order valence-corrected chi connectivity index (χ4v) is 3.78. The number of sulfonamides is 1. The molecule has 0 amide bonds. The Hall–Kier alpha value is -2.65. The van der Waals surface area contributed by atoms with Gasteiger partial charge in [0.15, 0.2) is 0 Å². The molecule has 1 aromatic heterocycles. The van der Waals surface area contributed by atoms with Gasteiger partial charge in [0.25, 0.3) is 0 Å². The van der Waals surface area contributed by atoms with E-state index in [2.05, 4.69) is 9.71 Å². The van der Waals surface area contributed by atoms with Gasteiger partial charge in [0.05, 0.1) is 16.2 Å². The smallest absolute Gasteiger partial charge is 0.416 e. The third-order valence-electron chi connectivity index (χ3n) is 4.35. The van der Waals surface area contributed by atoms with Crippen LogP contribution >= 0.6 is 0 Å². The third kappa shape index (κ3) is 5.04. The summed E-state index contributed by atoms with van der Waals surface area (Å²) in [5, 5.41) is 0. The average molecular weight is 424 g/mol. The number of nitrogens with one attached hydrogen (secondary N) is 1. The molecule has 0 aliphatic heterocycles. The first-order valence-corrected chi connectivity index (χ1v) is 10.2. The van der Waals surface area contributed by atoms with Crippen LogP contribution in [0.2, 0.25) is 0 Å². The first-order valence-electron chi connectivity index (χ1n) is 8.75. The first kappa shape index (κ1) is 21.1. The summed E-state index contributed by atoms with van der Waals surface area (Å²) in [7, 11) is -4.09. The van der Waals surface area contributed by atoms with Crippen molar-refractivity contribution in [3.8, 4) is 11.5 Å². The Kier molecular flexibility index (Phi) is 5.81. The molecule has 0 aliphatic rings. The molecule has 1 N–H and O–H groups in total. The van der Waals surface area contributed by atoms with Gasteiger partial charge in [-0.25, -0.2) is 18.1 Å². The van der Waals surface area contributed by atoms with Gasteiger partial charge in [-0.2, -0.15) is 13.2 Å². The third-order valence-corrected chi connectivity index (χ3v) is 5.81.